The van der Waals surface area contributed by atoms with Crippen molar-refractivity contribution in [3.05, 3.63) is 80.6 Å². The van der Waals surface area contributed by atoms with E-state index in [0.29, 0.717) is 47.1 Å². The van der Waals surface area contributed by atoms with E-state index in [2.05, 4.69) is 42.1 Å². The van der Waals surface area contributed by atoms with Gasteiger partial charge < -0.3 is 20.3 Å². The number of halogens is 2. The minimum atomic E-state index is -1.47. The Kier molecular flexibility index (Phi) is 9.26. The third-order valence-electron chi connectivity index (χ3n) is 9.65. The van der Waals surface area contributed by atoms with E-state index in [9.17, 15) is 28.3 Å². The number of carbonyl (C=O) groups is 2. The average molecular weight is 664 g/mol. The summed E-state index contributed by atoms with van der Waals surface area (Å²) >= 11 is 1.26. The van der Waals surface area contributed by atoms with Gasteiger partial charge in [0.2, 0.25) is 0 Å². The average Bonchev–Trinajstić information content (AvgIpc) is 3.45. The van der Waals surface area contributed by atoms with Crippen molar-refractivity contribution in [1.29, 1.82) is 0 Å². The van der Waals surface area contributed by atoms with Crippen LogP contribution >= 0.6 is 11.3 Å². The van der Waals surface area contributed by atoms with E-state index in [1.807, 2.05) is 17.0 Å². The van der Waals surface area contributed by atoms with Crippen molar-refractivity contribution in [3.63, 3.8) is 0 Å². The number of alkyl halides is 1. The first-order chi connectivity index (χ1) is 22.4. The number of pyridine rings is 2. The number of aromatic amines is 1. The monoisotopic (exact) mass is 663 g/mol. The number of carboxylic acid groups (broad SMARTS) is 1. The lowest BCUT2D eigenvalue weighted by molar-refractivity contribution is -0.146. The number of nitrogens with zero attached hydrogens (tertiary/aromatic N) is 3. The Balaban J connectivity index is 1.22. The summed E-state index contributed by atoms with van der Waals surface area (Å²) in [5.41, 5.74) is 4.34. The first-order valence-electron chi connectivity index (χ1n) is 16.0. The minimum absolute atomic E-state index is 0.0125. The van der Waals surface area contributed by atoms with Gasteiger partial charge in [0.15, 0.2) is 10.8 Å². The van der Waals surface area contributed by atoms with Crippen LogP contribution in [0, 0.1) is 23.1 Å². The third kappa shape index (κ3) is 7.28. The SMILES string of the molecule is CC(C)(C)[C@H]1CCc2nc3sc(C(=O)N[C@H](CCN4CC[C@H](C(=O)O)[C@@H](F)C4)c4ccc(-c5c[nH]c(=O)c(F)c5)cc4)nc3cc2C1. The van der Waals surface area contributed by atoms with Crippen LogP contribution in [0.5, 0.6) is 0 Å². The number of aliphatic carboxylic acids is 1. The Morgan fingerprint density at radius 3 is 2.60 bits per heavy atom. The topological polar surface area (TPSA) is 128 Å². The molecular weight excluding hydrogens is 624 g/mol. The zero-order valence-corrected chi connectivity index (χ0v) is 27.5. The number of rotatable bonds is 8. The highest BCUT2D eigenvalue weighted by Crippen LogP contribution is 2.38. The molecule has 1 aliphatic heterocycles. The van der Waals surface area contributed by atoms with Gasteiger partial charge in [0.1, 0.15) is 16.5 Å². The van der Waals surface area contributed by atoms with Gasteiger partial charge in [0.05, 0.1) is 12.0 Å². The number of carbonyl (C=O) groups excluding carboxylic acids is 1. The second-order valence-corrected chi connectivity index (χ2v) is 14.8. The van der Waals surface area contributed by atoms with Gasteiger partial charge in [-0.2, -0.15) is 0 Å². The number of carboxylic acids is 1. The van der Waals surface area contributed by atoms with E-state index in [-0.39, 0.29) is 24.3 Å². The van der Waals surface area contributed by atoms with E-state index >= 15 is 0 Å². The highest BCUT2D eigenvalue weighted by atomic mass is 32.1. The van der Waals surface area contributed by atoms with Crippen LogP contribution in [0.1, 0.15) is 72.7 Å². The summed E-state index contributed by atoms with van der Waals surface area (Å²) in [6, 6.07) is 10.0. The van der Waals surface area contributed by atoms with Crippen molar-refractivity contribution in [3.8, 4) is 11.1 Å². The number of piperidine rings is 1. The van der Waals surface area contributed by atoms with Gasteiger partial charge in [-0.15, -0.1) is 0 Å². The molecule has 4 heterocycles. The number of aryl methyl sites for hydroxylation is 1. The van der Waals surface area contributed by atoms with Crippen molar-refractivity contribution >= 4 is 33.6 Å². The molecule has 3 N–H and O–H groups in total. The Hall–Kier alpha value is -4.03. The molecule has 0 saturated carbocycles. The van der Waals surface area contributed by atoms with Crippen LogP contribution in [0.3, 0.4) is 0 Å². The van der Waals surface area contributed by atoms with Crippen LogP contribution in [0.4, 0.5) is 8.78 Å². The number of hydrogen-bond donors (Lipinski definition) is 3. The van der Waals surface area contributed by atoms with Gasteiger partial charge in [-0.05, 0) is 78.8 Å². The number of hydrogen-bond acceptors (Lipinski definition) is 7. The van der Waals surface area contributed by atoms with Crippen LogP contribution in [0.2, 0.25) is 0 Å². The van der Waals surface area contributed by atoms with Gasteiger partial charge in [0.25, 0.3) is 11.5 Å². The zero-order chi connectivity index (χ0) is 33.5. The quantitative estimate of drug-likeness (QED) is 0.213. The number of aromatic nitrogens is 3. The normalized spacial score (nSPS) is 20.9. The van der Waals surface area contributed by atoms with Crippen LogP contribution in [-0.2, 0) is 17.6 Å². The number of fused-ring (bicyclic) bond motifs is 2. The summed E-state index contributed by atoms with van der Waals surface area (Å²) in [4.78, 5) is 51.1. The smallest absolute Gasteiger partial charge is 0.309 e. The van der Waals surface area contributed by atoms with Gasteiger partial charge in [0, 0.05) is 30.5 Å². The standard InChI is InChI=1S/C35H39F2N5O4S/c1-35(2,3)23-8-9-27-21(14-23)16-29-32(40-27)47-33(41-29)31(44)39-28(11-13-42-12-10-24(34(45)46)26(37)18-42)20-6-4-19(5-7-20)22-15-25(36)30(43)38-17-22/h4-7,15-17,23-24,26,28H,8-14,18H2,1-3H3,(H,38,43)(H,39,44)(H,45,46)/t23-,24-,26-,28+/m0/s1. The molecule has 0 unspecified atom stereocenters. The molecule has 3 aromatic heterocycles. The molecule has 1 saturated heterocycles. The molecule has 0 spiro atoms. The van der Waals surface area contributed by atoms with Crippen LogP contribution in [-0.4, -0.2) is 62.6 Å². The molecule has 1 aliphatic carbocycles. The maximum absolute atomic E-state index is 14.6. The molecule has 2 aliphatic rings. The fraction of sp³-hybridized carbons (Fsp3) is 0.457. The second-order valence-electron chi connectivity index (χ2n) is 13.8. The predicted octanol–water partition coefficient (Wildman–Crippen LogP) is 5.94. The molecule has 0 bridgehead atoms. The molecular formula is C35H39F2N5O4S. The lowest BCUT2D eigenvalue weighted by atomic mass is 9.71. The van der Waals surface area contributed by atoms with Crippen molar-refractivity contribution in [1.82, 2.24) is 25.2 Å². The van der Waals surface area contributed by atoms with Crippen LogP contribution in [0.25, 0.3) is 21.5 Å². The number of benzene rings is 1. The van der Waals surface area contributed by atoms with E-state index in [1.54, 1.807) is 12.1 Å². The first kappa shape index (κ1) is 32.9. The van der Waals surface area contributed by atoms with E-state index < -0.39 is 35.5 Å². The molecule has 9 nitrogen and oxygen atoms in total. The van der Waals surface area contributed by atoms with Gasteiger partial charge in [-0.25, -0.2) is 18.7 Å². The summed E-state index contributed by atoms with van der Waals surface area (Å²) in [7, 11) is 0. The fourth-order valence-electron chi connectivity index (χ4n) is 6.68. The number of amides is 1. The molecule has 47 heavy (non-hydrogen) atoms. The maximum Gasteiger partial charge on any atom is 0.309 e. The van der Waals surface area contributed by atoms with E-state index in [4.69, 9.17) is 4.98 Å². The number of H-pyrrole nitrogens is 1. The molecule has 1 fully saturated rings. The lowest BCUT2D eigenvalue weighted by Crippen LogP contribution is -2.45. The van der Waals surface area contributed by atoms with Gasteiger partial charge in [-0.1, -0.05) is 56.4 Å². The number of likely N-dealkylation sites (tertiary alicyclic amines) is 1. The van der Waals surface area contributed by atoms with Crippen LogP contribution in [0.15, 0.2) is 47.4 Å². The highest BCUT2D eigenvalue weighted by Gasteiger charge is 2.34. The van der Waals surface area contributed by atoms with Crippen molar-refractivity contribution in [2.24, 2.45) is 17.3 Å². The van der Waals surface area contributed by atoms with Crippen molar-refractivity contribution in [2.45, 2.75) is 65.1 Å². The Bertz CT molecular complexity index is 1850. The summed E-state index contributed by atoms with van der Waals surface area (Å²) < 4.78 is 28.5. The largest absolute Gasteiger partial charge is 0.481 e. The molecule has 4 aromatic rings. The molecule has 0 radical (unpaired) electrons. The molecule has 248 valence electrons. The predicted molar refractivity (Wildman–Crippen MR) is 177 cm³/mol. The zero-order valence-electron chi connectivity index (χ0n) is 26.7. The molecule has 1 amide bonds. The molecule has 6 rings (SSSR count). The van der Waals surface area contributed by atoms with Crippen LogP contribution < -0.4 is 10.9 Å². The maximum atomic E-state index is 14.6. The van der Waals surface area contributed by atoms with Gasteiger partial charge >= 0.3 is 5.97 Å². The summed E-state index contributed by atoms with van der Waals surface area (Å²) in [5.74, 6) is -2.80. The Morgan fingerprint density at radius 1 is 1.15 bits per heavy atom. The number of thiazole rings is 1. The summed E-state index contributed by atoms with van der Waals surface area (Å²) in [5, 5.41) is 12.7. The second kappa shape index (κ2) is 13.2. The fourth-order valence-corrected chi connectivity index (χ4v) is 7.53. The third-order valence-corrected chi connectivity index (χ3v) is 10.6. The van der Waals surface area contributed by atoms with E-state index in [0.717, 1.165) is 35.4 Å². The van der Waals surface area contributed by atoms with E-state index in [1.165, 1.54) is 29.2 Å². The molecule has 12 heteroatoms. The Labute approximate surface area is 275 Å². The minimum Gasteiger partial charge on any atom is -0.481 e. The Morgan fingerprint density at radius 2 is 1.91 bits per heavy atom. The molecule has 4 atom stereocenters. The lowest BCUT2D eigenvalue weighted by Gasteiger charge is -2.34. The van der Waals surface area contributed by atoms with Crippen molar-refractivity contribution in [2.75, 3.05) is 19.6 Å². The molecule has 1 aromatic carbocycles. The van der Waals surface area contributed by atoms with Crippen molar-refractivity contribution < 1.29 is 23.5 Å². The number of nitrogens with one attached hydrogen (secondary N) is 2. The summed E-state index contributed by atoms with van der Waals surface area (Å²) in [6.45, 7) is 7.69. The van der Waals surface area contributed by atoms with Gasteiger partial charge in [-0.3, -0.25) is 14.4 Å². The summed E-state index contributed by atoms with van der Waals surface area (Å²) in [6.07, 6.45) is 3.55. The highest BCUT2D eigenvalue weighted by molar-refractivity contribution is 7.19. The first-order valence-corrected chi connectivity index (χ1v) is 16.9.